The molecular weight excluding hydrogens is 252 g/mol. The van der Waals surface area contributed by atoms with E-state index in [1.54, 1.807) is 7.11 Å². The van der Waals surface area contributed by atoms with E-state index in [4.69, 9.17) is 9.47 Å². The van der Waals surface area contributed by atoms with Gasteiger partial charge in [0.15, 0.2) is 11.5 Å². The van der Waals surface area contributed by atoms with Gasteiger partial charge >= 0.3 is 0 Å². The molecule has 1 heterocycles. The quantitative estimate of drug-likeness (QED) is 0.840. The molecule has 0 fully saturated rings. The molecular formula is C17H18O3. The van der Waals surface area contributed by atoms with Crippen LogP contribution in [-0.4, -0.2) is 24.4 Å². The lowest BCUT2D eigenvalue weighted by molar-refractivity contribution is 0.0116. The van der Waals surface area contributed by atoms with Gasteiger partial charge in [0.25, 0.3) is 0 Å². The van der Waals surface area contributed by atoms with E-state index in [1.807, 2.05) is 12.1 Å². The van der Waals surface area contributed by atoms with E-state index in [0.29, 0.717) is 0 Å². The topological polar surface area (TPSA) is 38.7 Å². The van der Waals surface area contributed by atoms with E-state index in [9.17, 15) is 5.11 Å². The van der Waals surface area contributed by atoms with Crippen LogP contribution in [0.1, 0.15) is 24.5 Å². The maximum atomic E-state index is 10.4. The molecule has 0 saturated heterocycles. The highest BCUT2D eigenvalue weighted by atomic mass is 16.5. The van der Waals surface area contributed by atoms with Crippen LogP contribution in [0.15, 0.2) is 30.4 Å². The summed E-state index contributed by atoms with van der Waals surface area (Å²) in [6.45, 7) is 2.17. The molecule has 1 aromatic carbocycles. The van der Waals surface area contributed by atoms with Crippen LogP contribution in [0.3, 0.4) is 0 Å². The fraction of sp³-hybridized carbons (Fsp3) is 0.412. The summed E-state index contributed by atoms with van der Waals surface area (Å²) in [5.41, 5.74) is 2.23. The first-order valence-electron chi connectivity index (χ1n) is 7.15. The van der Waals surface area contributed by atoms with Crippen molar-refractivity contribution in [1.82, 2.24) is 0 Å². The number of hydrogen-bond acceptors (Lipinski definition) is 3. The highest BCUT2D eigenvalue weighted by molar-refractivity contribution is 5.71. The van der Waals surface area contributed by atoms with Gasteiger partial charge in [0.1, 0.15) is 12.2 Å². The summed E-state index contributed by atoms with van der Waals surface area (Å²) >= 11 is 0. The van der Waals surface area contributed by atoms with Gasteiger partial charge in [0, 0.05) is 16.9 Å². The largest absolute Gasteiger partial charge is 0.493 e. The first kappa shape index (κ1) is 12.0. The summed E-state index contributed by atoms with van der Waals surface area (Å²) in [6.07, 6.45) is 8.50. The second kappa shape index (κ2) is 3.89. The summed E-state index contributed by atoms with van der Waals surface area (Å²) in [5, 5.41) is 10.4. The Morgan fingerprint density at radius 1 is 1.30 bits per heavy atom. The van der Waals surface area contributed by atoms with E-state index >= 15 is 0 Å². The summed E-state index contributed by atoms with van der Waals surface area (Å²) in [4.78, 5) is 0. The number of methoxy groups -OCH3 is 1. The fourth-order valence-electron chi connectivity index (χ4n) is 4.14. The minimum absolute atomic E-state index is 0.165. The van der Waals surface area contributed by atoms with Crippen molar-refractivity contribution in [3.8, 4) is 11.5 Å². The van der Waals surface area contributed by atoms with Crippen molar-refractivity contribution in [2.45, 2.75) is 31.0 Å². The van der Waals surface area contributed by atoms with Crippen LogP contribution in [0.4, 0.5) is 0 Å². The SMILES string of the molecule is CC[C@]12c3c4ccc(OC)c3O[C@H]1[C@H](O)C=C[C@H]2C=C4. The number of rotatable bonds is 2. The van der Waals surface area contributed by atoms with Crippen LogP contribution in [0, 0.1) is 5.92 Å². The van der Waals surface area contributed by atoms with Gasteiger partial charge in [-0.25, -0.2) is 0 Å². The van der Waals surface area contributed by atoms with E-state index in [-0.39, 0.29) is 17.4 Å². The van der Waals surface area contributed by atoms with Crippen LogP contribution >= 0.6 is 0 Å². The van der Waals surface area contributed by atoms with Crippen LogP contribution in [0.5, 0.6) is 11.5 Å². The maximum absolute atomic E-state index is 10.4. The van der Waals surface area contributed by atoms with Crippen molar-refractivity contribution in [2.24, 2.45) is 5.92 Å². The fourth-order valence-corrected chi connectivity index (χ4v) is 4.14. The zero-order valence-electron chi connectivity index (χ0n) is 11.7. The lowest BCUT2D eigenvalue weighted by Crippen LogP contribution is -2.52. The Labute approximate surface area is 118 Å². The molecule has 104 valence electrons. The standard InChI is InChI=1S/C17H18O3/c1-3-17-11-6-4-10-5-9-13(19-2)15(14(10)17)20-16(17)12(18)8-7-11/h4-9,11-12,16,18H,3H2,1-2H3/t11-,12-,16+,17+/m1/s1. The highest BCUT2D eigenvalue weighted by Crippen LogP contribution is 2.59. The number of benzene rings is 1. The normalized spacial score (nSPS) is 35.6. The Morgan fingerprint density at radius 3 is 2.90 bits per heavy atom. The second-order valence-electron chi connectivity index (χ2n) is 5.75. The number of hydrogen-bond donors (Lipinski definition) is 1. The minimum Gasteiger partial charge on any atom is -0.493 e. The molecule has 1 aromatic rings. The number of allylic oxidation sites excluding steroid dienone is 2. The zero-order chi connectivity index (χ0) is 13.9. The summed E-state index contributed by atoms with van der Waals surface area (Å²) in [7, 11) is 1.66. The highest BCUT2D eigenvalue weighted by Gasteiger charge is 2.58. The predicted octanol–water partition coefficient (Wildman–Crippen LogP) is 2.68. The smallest absolute Gasteiger partial charge is 0.166 e. The average Bonchev–Trinajstić information content (AvgIpc) is 2.85. The van der Waals surface area contributed by atoms with Gasteiger partial charge in [-0.3, -0.25) is 0 Å². The van der Waals surface area contributed by atoms with Gasteiger partial charge < -0.3 is 14.6 Å². The van der Waals surface area contributed by atoms with E-state index < -0.39 is 6.10 Å². The number of aliphatic hydroxyl groups is 1. The third-order valence-electron chi connectivity index (χ3n) is 5.08. The molecule has 0 saturated carbocycles. The molecule has 20 heavy (non-hydrogen) atoms. The molecule has 0 bridgehead atoms. The molecule has 0 amide bonds. The molecule has 3 aliphatic rings. The lowest BCUT2D eigenvalue weighted by Gasteiger charge is -2.44. The molecule has 0 aromatic heterocycles. The average molecular weight is 270 g/mol. The van der Waals surface area contributed by atoms with Gasteiger partial charge in [-0.1, -0.05) is 37.3 Å². The Bertz CT molecular complexity index is 631. The molecule has 0 unspecified atom stereocenters. The monoisotopic (exact) mass is 270 g/mol. The zero-order valence-corrected chi connectivity index (χ0v) is 11.7. The van der Waals surface area contributed by atoms with Crippen LogP contribution in [-0.2, 0) is 5.41 Å². The summed E-state index contributed by atoms with van der Waals surface area (Å²) in [5.74, 6) is 1.85. The third-order valence-corrected chi connectivity index (χ3v) is 5.08. The Kier molecular flexibility index (Phi) is 2.34. The second-order valence-corrected chi connectivity index (χ2v) is 5.75. The summed E-state index contributed by atoms with van der Waals surface area (Å²) in [6, 6.07) is 4.03. The van der Waals surface area contributed by atoms with Crippen molar-refractivity contribution < 1.29 is 14.6 Å². The van der Waals surface area contributed by atoms with Crippen molar-refractivity contribution in [1.29, 1.82) is 0 Å². The van der Waals surface area contributed by atoms with Crippen LogP contribution in [0.2, 0.25) is 0 Å². The molecule has 1 aliphatic heterocycles. The number of ether oxygens (including phenoxy) is 2. The van der Waals surface area contributed by atoms with Crippen LogP contribution < -0.4 is 9.47 Å². The van der Waals surface area contributed by atoms with Gasteiger partial charge in [0.2, 0.25) is 0 Å². The van der Waals surface area contributed by atoms with Crippen molar-refractivity contribution in [3.63, 3.8) is 0 Å². The first-order chi connectivity index (χ1) is 9.72. The molecule has 1 N–H and O–H groups in total. The Morgan fingerprint density at radius 2 is 2.15 bits per heavy atom. The van der Waals surface area contributed by atoms with Gasteiger partial charge in [-0.15, -0.1) is 0 Å². The molecule has 2 aliphatic carbocycles. The third kappa shape index (κ3) is 1.20. The predicted molar refractivity (Wildman–Crippen MR) is 77.0 cm³/mol. The Balaban J connectivity index is 2.05. The molecule has 4 atom stereocenters. The van der Waals surface area contributed by atoms with Crippen molar-refractivity contribution >= 4 is 6.08 Å². The molecule has 0 radical (unpaired) electrons. The van der Waals surface area contributed by atoms with E-state index in [1.165, 1.54) is 11.1 Å². The molecule has 3 heteroatoms. The van der Waals surface area contributed by atoms with E-state index in [2.05, 4.69) is 31.2 Å². The number of aliphatic hydroxyl groups excluding tert-OH is 1. The first-order valence-corrected chi connectivity index (χ1v) is 7.15. The van der Waals surface area contributed by atoms with Crippen LogP contribution in [0.25, 0.3) is 6.08 Å². The molecule has 3 nitrogen and oxygen atoms in total. The molecule has 0 spiro atoms. The molecule has 4 rings (SSSR count). The lowest BCUT2D eigenvalue weighted by atomic mass is 9.59. The van der Waals surface area contributed by atoms with Gasteiger partial charge in [0.05, 0.1) is 7.11 Å². The van der Waals surface area contributed by atoms with Gasteiger partial charge in [-0.2, -0.15) is 0 Å². The van der Waals surface area contributed by atoms with Gasteiger partial charge in [-0.05, 0) is 18.1 Å². The summed E-state index contributed by atoms with van der Waals surface area (Å²) < 4.78 is 11.6. The van der Waals surface area contributed by atoms with Crippen molar-refractivity contribution in [2.75, 3.05) is 7.11 Å². The minimum atomic E-state index is -0.567. The Hall–Kier alpha value is -1.74. The van der Waals surface area contributed by atoms with E-state index in [0.717, 1.165) is 17.9 Å². The van der Waals surface area contributed by atoms with Crippen molar-refractivity contribution in [3.05, 3.63) is 41.5 Å². The maximum Gasteiger partial charge on any atom is 0.166 e.